The largest absolute Gasteiger partial charge is 0.396 e. The molecule has 0 saturated carbocycles. The van der Waals surface area contributed by atoms with E-state index >= 15 is 0 Å². The van der Waals surface area contributed by atoms with E-state index in [0.717, 1.165) is 45.3 Å². The number of nitrogens with one attached hydrogen (secondary N) is 1. The van der Waals surface area contributed by atoms with Gasteiger partial charge in [0.25, 0.3) is 0 Å². The van der Waals surface area contributed by atoms with Crippen LogP contribution in [0.15, 0.2) is 0 Å². The van der Waals surface area contributed by atoms with Crippen molar-refractivity contribution < 1.29 is 14.9 Å². The highest BCUT2D eigenvalue weighted by Crippen LogP contribution is 1.99. The van der Waals surface area contributed by atoms with Crippen LogP contribution in [0.4, 0.5) is 0 Å². The molecule has 3 N–H and O–H groups in total. The first-order valence-corrected chi connectivity index (χ1v) is 7.88. The van der Waals surface area contributed by atoms with Gasteiger partial charge in [0.2, 0.25) is 0 Å². The molecule has 0 heterocycles. The van der Waals surface area contributed by atoms with Gasteiger partial charge in [0.05, 0.1) is 12.7 Å². The molecule has 0 spiro atoms. The fourth-order valence-electron chi connectivity index (χ4n) is 1.89. The minimum Gasteiger partial charge on any atom is -0.396 e. The minimum atomic E-state index is -0.399. The molecule has 1 unspecified atom stereocenters. The van der Waals surface area contributed by atoms with E-state index in [2.05, 4.69) is 12.2 Å². The first-order valence-electron chi connectivity index (χ1n) is 7.88. The van der Waals surface area contributed by atoms with Crippen molar-refractivity contribution >= 4 is 0 Å². The van der Waals surface area contributed by atoms with E-state index < -0.39 is 6.10 Å². The van der Waals surface area contributed by atoms with Gasteiger partial charge in [0.1, 0.15) is 0 Å². The Hall–Kier alpha value is -0.160. The molecule has 0 rings (SSSR count). The zero-order chi connectivity index (χ0) is 14.2. The molecule has 0 radical (unpaired) electrons. The molecule has 19 heavy (non-hydrogen) atoms. The predicted octanol–water partition coefficient (Wildman–Crippen LogP) is 2.09. The van der Waals surface area contributed by atoms with Crippen LogP contribution in [0, 0.1) is 0 Å². The summed E-state index contributed by atoms with van der Waals surface area (Å²) < 4.78 is 5.43. The van der Waals surface area contributed by atoms with E-state index in [1.165, 1.54) is 19.3 Å². The average molecular weight is 275 g/mol. The molecule has 0 saturated heterocycles. The summed E-state index contributed by atoms with van der Waals surface area (Å²) in [5.41, 5.74) is 0. The van der Waals surface area contributed by atoms with Crippen LogP contribution in [0.2, 0.25) is 0 Å². The molecule has 4 heteroatoms. The molecule has 0 aromatic heterocycles. The number of ether oxygens (including phenoxy) is 1. The van der Waals surface area contributed by atoms with Crippen molar-refractivity contribution in [2.45, 2.75) is 64.4 Å². The quantitative estimate of drug-likeness (QED) is 0.401. The first kappa shape index (κ1) is 18.8. The van der Waals surface area contributed by atoms with Gasteiger partial charge >= 0.3 is 0 Å². The Labute approximate surface area is 118 Å². The summed E-state index contributed by atoms with van der Waals surface area (Å²) in [6.07, 6.45) is 8.65. The van der Waals surface area contributed by atoms with Crippen LogP contribution in [0.25, 0.3) is 0 Å². The van der Waals surface area contributed by atoms with Crippen molar-refractivity contribution in [3.8, 4) is 0 Å². The first-order chi connectivity index (χ1) is 9.31. The van der Waals surface area contributed by atoms with Gasteiger partial charge in [-0.3, -0.25) is 0 Å². The normalized spacial score (nSPS) is 12.8. The number of aliphatic hydroxyl groups is 2. The summed E-state index contributed by atoms with van der Waals surface area (Å²) >= 11 is 0. The highest BCUT2D eigenvalue weighted by atomic mass is 16.5. The minimum absolute atomic E-state index is 0.293. The van der Waals surface area contributed by atoms with Gasteiger partial charge < -0.3 is 20.3 Å². The molecule has 4 nitrogen and oxygen atoms in total. The van der Waals surface area contributed by atoms with Crippen molar-refractivity contribution in [1.82, 2.24) is 5.32 Å². The van der Waals surface area contributed by atoms with Gasteiger partial charge in [-0.1, -0.05) is 39.0 Å². The lowest BCUT2D eigenvalue weighted by atomic mass is 10.2. The third kappa shape index (κ3) is 15.8. The third-order valence-corrected chi connectivity index (χ3v) is 3.09. The standard InChI is InChI=1S/C15H33NO3/c1-2-3-4-9-12-19-14-15(18)13-16-10-7-5-6-8-11-17/h15-18H,2-14H2,1H3. The molecular formula is C15H33NO3. The summed E-state index contributed by atoms with van der Waals surface area (Å²) in [6.45, 7) is 5.22. The van der Waals surface area contributed by atoms with E-state index in [1.54, 1.807) is 0 Å². The van der Waals surface area contributed by atoms with Crippen molar-refractivity contribution in [3.05, 3.63) is 0 Å². The van der Waals surface area contributed by atoms with Crippen LogP contribution in [0.5, 0.6) is 0 Å². The van der Waals surface area contributed by atoms with Gasteiger partial charge in [-0.05, 0) is 25.8 Å². The number of rotatable bonds is 15. The molecule has 0 aromatic rings. The maximum absolute atomic E-state index is 9.67. The molecule has 0 aromatic carbocycles. The lowest BCUT2D eigenvalue weighted by Crippen LogP contribution is -2.31. The number of hydrogen-bond acceptors (Lipinski definition) is 4. The van der Waals surface area contributed by atoms with Gasteiger partial charge in [-0.25, -0.2) is 0 Å². The van der Waals surface area contributed by atoms with Gasteiger partial charge in [-0.2, -0.15) is 0 Å². The molecule has 0 fully saturated rings. The fourth-order valence-corrected chi connectivity index (χ4v) is 1.89. The molecule has 0 amide bonds. The van der Waals surface area contributed by atoms with Gasteiger partial charge in [-0.15, -0.1) is 0 Å². The maximum atomic E-state index is 9.67. The number of unbranched alkanes of at least 4 members (excludes halogenated alkanes) is 6. The van der Waals surface area contributed by atoms with Crippen molar-refractivity contribution in [2.24, 2.45) is 0 Å². The van der Waals surface area contributed by atoms with E-state index in [0.29, 0.717) is 19.8 Å². The van der Waals surface area contributed by atoms with E-state index in [-0.39, 0.29) is 0 Å². The number of aliphatic hydroxyl groups excluding tert-OH is 2. The highest BCUT2D eigenvalue weighted by molar-refractivity contribution is 4.58. The van der Waals surface area contributed by atoms with E-state index in [4.69, 9.17) is 9.84 Å². The molecule has 0 aliphatic carbocycles. The van der Waals surface area contributed by atoms with Gasteiger partial charge in [0.15, 0.2) is 0 Å². The van der Waals surface area contributed by atoms with Gasteiger partial charge in [0, 0.05) is 19.8 Å². The zero-order valence-corrected chi connectivity index (χ0v) is 12.6. The summed E-state index contributed by atoms with van der Waals surface area (Å²) in [7, 11) is 0. The third-order valence-electron chi connectivity index (χ3n) is 3.09. The SMILES string of the molecule is CCCCCCOCC(O)CNCCCCCCO. The van der Waals surface area contributed by atoms with Crippen LogP contribution in [0.3, 0.4) is 0 Å². The lowest BCUT2D eigenvalue weighted by Gasteiger charge is -2.12. The number of hydrogen-bond donors (Lipinski definition) is 3. The molecular weight excluding hydrogens is 242 g/mol. The van der Waals surface area contributed by atoms with Crippen LogP contribution < -0.4 is 5.32 Å². The molecule has 0 aliphatic heterocycles. The summed E-state index contributed by atoms with van der Waals surface area (Å²) in [4.78, 5) is 0. The van der Waals surface area contributed by atoms with Crippen molar-refractivity contribution in [3.63, 3.8) is 0 Å². The smallest absolute Gasteiger partial charge is 0.0897 e. The predicted molar refractivity (Wildman–Crippen MR) is 79.4 cm³/mol. The van der Waals surface area contributed by atoms with Crippen LogP contribution >= 0.6 is 0 Å². The van der Waals surface area contributed by atoms with E-state index in [1.807, 2.05) is 0 Å². The highest BCUT2D eigenvalue weighted by Gasteiger charge is 2.03. The van der Waals surface area contributed by atoms with Crippen LogP contribution in [-0.4, -0.2) is 49.2 Å². The second-order valence-electron chi connectivity index (χ2n) is 5.13. The Bertz CT molecular complexity index is 167. The summed E-state index contributed by atoms with van der Waals surface area (Å²) in [5.74, 6) is 0. The fraction of sp³-hybridized carbons (Fsp3) is 1.00. The van der Waals surface area contributed by atoms with Crippen molar-refractivity contribution in [1.29, 1.82) is 0 Å². The molecule has 0 aliphatic rings. The summed E-state index contributed by atoms with van der Waals surface area (Å²) in [5, 5.41) is 21.5. The zero-order valence-electron chi connectivity index (χ0n) is 12.6. The van der Waals surface area contributed by atoms with Crippen LogP contribution in [0.1, 0.15) is 58.3 Å². The Morgan fingerprint density at radius 3 is 2.47 bits per heavy atom. The van der Waals surface area contributed by atoms with E-state index in [9.17, 15) is 5.11 Å². The Balaban J connectivity index is 3.10. The second kappa shape index (κ2) is 15.9. The van der Waals surface area contributed by atoms with Crippen molar-refractivity contribution in [2.75, 3.05) is 32.9 Å². The Kier molecular flexibility index (Phi) is 15.8. The topological polar surface area (TPSA) is 61.7 Å². The Morgan fingerprint density at radius 2 is 1.74 bits per heavy atom. The van der Waals surface area contributed by atoms with Crippen LogP contribution in [-0.2, 0) is 4.74 Å². The lowest BCUT2D eigenvalue weighted by molar-refractivity contribution is 0.0355. The maximum Gasteiger partial charge on any atom is 0.0897 e. The second-order valence-corrected chi connectivity index (χ2v) is 5.13. The Morgan fingerprint density at radius 1 is 1.00 bits per heavy atom. The molecule has 116 valence electrons. The average Bonchev–Trinajstić information content (AvgIpc) is 2.41. The molecule has 1 atom stereocenters. The molecule has 0 bridgehead atoms. The summed E-state index contributed by atoms with van der Waals surface area (Å²) in [6, 6.07) is 0. The monoisotopic (exact) mass is 275 g/mol.